The van der Waals surface area contributed by atoms with Crippen LogP contribution in [-0.2, 0) is 10.0 Å². The minimum Gasteiger partial charge on any atom is -0.351 e. The smallest absolute Gasteiger partial charge is 0.261 e. The molecule has 1 aromatic heterocycles. The Balaban J connectivity index is 0.00000336. The number of hydrogen-bond acceptors (Lipinski definition) is 7. The third-order valence-electron chi connectivity index (χ3n) is 6.15. The van der Waals surface area contributed by atoms with E-state index in [1.54, 1.807) is 42.5 Å². The van der Waals surface area contributed by atoms with Crippen molar-refractivity contribution >= 4 is 60.7 Å². The molecule has 38 heavy (non-hydrogen) atoms. The van der Waals surface area contributed by atoms with Gasteiger partial charge in [-0.1, -0.05) is 41.7 Å². The molecule has 2 heterocycles. The van der Waals surface area contributed by atoms with Crippen LogP contribution in [0.25, 0.3) is 10.2 Å². The van der Waals surface area contributed by atoms with Gasteiger partial charge in [0, 0.05) is 50.5 Å². The summed E-state index contributed by atoms with van der Waals surface area (Å²) in [5.41, 5.74) is 1.12. The van der Waals surface area contributed by atoms with Crippen LogP contribution in [0.5, 0.6) is 0 Å². The van der Waals surface area contributed by atoms with Gasteiger partial charge in [0.1, 0.15) is 11.3 Å². The van der Waals surface area contributed by atoms with Crippen LogP contribution in [0.2, 0.25) is 0 Å². The molecule has 0 saturated carbocycles. The summed E-state index contributed by atoms with van der Waals surface area (Å²) in [6.45, 7) is 4.33. The van der Waals surface area contributed by atoms with Crippen molar-refractivity contribution in [1.82, 2.24) is 15.2 Å². The molecular weight excluding hydrogens is 549 g/mol. The Labute approximate surface area is 230 Å². The maximum Gasteiger partial charge on any atom is 0.261 e. The molecule has 12 heteroatoms. The maximum atomic E-state index is 14.0. The number of sulfonamides is 1. The Morgan fingerprint density at radius 2 is 1.71 bits per heavy atom. The molecule has 0 bridgehead atoms. The molecule has 8 nitrogen and oxygen atoms in total. The second-order valence-electron chi connectivity index (χ2n) is 8.67. The van der Waals surface area contributed by atoms with Crippen LogP contribution in [0, 0.1) is 5.82 Å². The zero-order chi connectivity index (χ0) is 25.8. The minimum absolute atomic E-state index is 0. The van der Waals surface area contributed by atoms with Gasteiger partial charge in [-0.2, -0.15) is 0 Å². The number of benzene rings is 3. The molecule has 3 aromatic carbocycles. The second-order valence-corrected chi connectivity index (χ2v) is 11.4. The van der Waals surface area contributed by atoms with Gasteiger partial charge >= 0.3 is 0 Å². The lowest BCUT2D eigenvalue weighted by atomic mass is 10.2. The van der Waals surface area contributed by atoms with Crippen LogP contribution in [-0.4, -0.2) is 63.5 Å². The van der Waals surface area contributed by atoms with Crippen LogP contribution < -0.4 is 14.9 Å². The molecule has 1 amide bonds. The van der Waals surface area contributed by atoms with Crippen LogP contribution in [0.1, 0.15) is 10.4 Å². The van der Waals surface area contributed by atoms with Crippen LogP contribution in [0.4, 0.5) is 15.2 Å². The molecule has 5 rings (SSSR count). The van der Waals surface area contributed by atoms with Crippen LogP contribution >= 0.6 is 23.7 Å². The lowest BCUT2D eigenvalue weighted by molar-refractivity contribution is 0.0948. The van der Waals surface area contributed by atoms with Crippen molar-refractivity contribution in [3.63, 3.8) is 0 Å². The maximum absolute atomic E-state index is 14.0. The predicted octanol–water partition coefficient (Wildman–Crippen LogP) is 4.21. The van der Waals surface area contributed by atoms with Gasteiger partial charge < -0.3 is 10.2 Å². The largest absolute Gasteiger partial charge is 0.351 e. The first kappa shape index (κ1) is 27.8. The van der Waals surface area contributed by atoms with Gasteiger partial charge in [0.15, 0.2) is 5.13 Å². The fourth-order valence-corrected chi connectivity index (χ4v) is 6.27. The molecule has 2 N–H and O–H groups in total. The number of carbonyl (C=O) groups is 1. The number of aromatic nitrogens is 1. The van der Waals surface area contributed by atoms with E-state index in [0.29, 0.717) is 29.9 Å². The number of rotatable bonds is 8. The third-order valence-corrected chi connectivity index (χ3v) is 8.62. The van der Waals surface area contributed by atoms with E-state index in [2.05, 4.69) is 24.8 Å². The molecule has 0 radical (unpaired) electrons. The quantitative estimate of drug-likeness (QED) is 0.327. The molecule has 1 fully saturated rings. The van der Waals surface area contributed by atoms with Crippen molar-refractivity contribution in [2.75, 3.05) is 48.9 Å². The first-order valence-corrected chi connectivity index (χ1v) is 14.2. The highest BCUT2D eigenvalue weighted by atomic mass is 35.5. The number of fused-ring (bicyclic) bond motifs is 1. The van der Waals surface area contributed by atoms with Gasteiger partial charge in [-0.25, -0.2) is 17.8 Å². The summed E-state index contributed by atoms with van der Waals surface area (Å²) in [5, 5.41) is 3.74. The highest BCUT2D eigenvalue weighted by Gasteiger charge is 2.21. The average molecular weight is 576 g/mol. The predicted molar refractivity (Wildman–Crippen MR) is 152 cm³/mol. The lowest BCUT2D eigenvalue weighted by Crippen LogP contribution is -2.48. The van der Waals surface area contributed by atoms with E-state index >= 15 is 0 Å². The van der Waals surface area contributed by atoms with Gasteiger partial charge in [-0.05, 0) is 42.5 Å². The summed E-state index contributed by atoms with van der Waals surface area (Å²) < 4.78 is 42.5. The van der Waals surface area contributed by atoms with E-state index in [4.69, 9.17) is 0 Å². The van der Waals surface area contributed by atoms with E-state index in [-0.39, 0.29) is 29.0 Å². The van der Waals surface area contributed by atoms with E-state index in [9.17, 15) is 17.6 Å². The summed E-state index contributed by atoms with van der Waals surface area (Å²) in [6.07, 6.45) is 0. The Morgan fingerprint density at radius 1 is 0.974 bits per heavy atom. The van der Waals surface area contributed by atoms with Gasteiger partial charge in [0.25, 0.3) is 15.9 Å². The summed E-state index contributed by atoms with van der Waals surface area (Å²) in [7, 11) is -3.74. The molecule has 1 aliphatic heterocycles. The average Bonchev–Trinajstić information content (AvgIpc) is 3.35. The molecule has 0 aliphatic carbocycles. The first-order valence-electron chi connectivity index (χ1n) is 11.9. The number of para-hydroxylation sites is 1. The van der Waals surface area contributed by atoms with Crippen molar-refractivity contribution in [2.24, 2.45) is 0 Å². The monoisotopic (exact) mass is 575 g/mol. The van der Waals surface area contributed by atoms with Crippen LogP contribution in [0.15, 0.2) is 77.7 Å². The highest BCUT2D eigenvalue weighted by molar-refractivity contribution is 7.92. The summed E-state index contributed by atoms with van der Waals surface area (Å²) >= 11 is 1.50. The summed E-state index contributed by atoms with van der Waals surface area (Å²) in [5.74, 6) is -0.565. The number of anilines is 2. The van der Waals surface area contributed by atoms with E-state index in [0.717, 1.165) is 36.0 Å². The van der Waals surface area contributed by atoms with Crippen molar-refractivity contribution in [2.45, 2.75) is 4.90 Å². The third kappa shape index (κ3) is 6.41. The van der Waals surface area contributed by atoms with Crippen LogP contribution in [0.3, 0.4) is 0 Å². The molecular formula is C26H27ClFN5O3S2. The zero-order valence-electron chi connectivity index (χ0n) is 20.3. The fraction of sp³-hybridized carbons (Fsp3) is 0.231. The number of carbonyl (C=O) groups excluding carboxylic acids is 1. The minimum atomic E-state index is -3.74. The van der Waals surface area contributed by atoms with Gasteiger partial charge in [0.05, 0.1) is 9.60 Å². The SMILES string of the molecule is Cl.O=C(NCCN1CCN(c2nc3c(F)cccc3s2)CC1)c1cccc(NS(=O)(=O)c2ccccc2)c1. The number of hydrogen-bond donors (Lipinski definition) is 2. The molecule has 1 saturated heterocycles. The van der Waals surface area contributed by atoms with E-state index in [1.807, 2.05) is 6.07 Å². The molecule has 0 spiro atoms. The number of halogens is 2. The number of nitrogens with zero attached hydrogens (tertiary/aromatic N) is 3. The van der Waals surface area contributed by atoms with Gasteiger partial charge in [0.2, 0.25) is 0 Å². The number of piperazine rings is 1. The lowest BCUT2D eigenvalue weighted by Gasteiger charge is -2.34. The Hall–Kier alpha value is -3.25. The van der Waals surface area contributed by atoms with E-state index < -0.39 is 10.0 Å². The van der Waals surface area contributed by atoms with Crippen molar-refractivity contribution in [3.05, 3.63) is 84.2 Å². The van der Waals surface area contributed by atoms with Crippen molar-refractivity contribution in [3.8, 4) is 0 Å². The second kappa shape index (κ2) is 12.1. The number of nitrogens with one attached hydrogen (secondary N) is 2. The van der Waals surface area contributed by atoms with E-state index in [1.165, 1.54) is 35.6 Å². The fourth-order valence-electron chi connectivity index (χ4n) is 4.17. The van der Waals surface area contributed by atoms with Crippen molar-refractivity contribution < 1.29 is 17.6 Å². The van der Waals surface area contributed by atoms with Crippen molar-refractivity contribution in [1.29, 1.82) is 0 Å². The summed E-state index contributed by atoms with van der Waals surface area (Å²) in [4.78, 5) is 21.7. The molecule has 4 aromatic rings. The standard InChI is InChI=1S/C26H26FN5O3S2.ClH/c27-22-10-5-11-23-24(22)29-26(36-23)32-16-14-31(15-17-32)13-12-28-25(33)19-6-4-7-20(18-19)30-37(34,35)21-8-2-1-3-9-21;/h1-11,18,30H,12-17H2,(H,28,33);1H. The Bertz CT molecular complexity index is 1510. The normalized spacial score (nSPS) is 14.2. The van der Waals surface area contributed by atoms with Gasteiger partial charge in [-0.3, -0.25) is 14.4 Å². The number of amides is 1. The Kier molecular flexibility index (Phi) is 8.83. The first-order chi connectivity index (χ1) is 17.9. The topological polar surface area (TPSA) is 94.6 Å². The highest BCUT2D eigenvalue weighted by Crippen LogP contribution is 2.30. The Morgan fingerprint density at radius 3 is 2.45 bits per heavy atom. The van der Waals surface area contributed by atoms with Gasteiger partial charge in [-0.15, -0.1) is 12.4 Å². The number of thiazole rings is 1. The molecule has 200 valence electrons. The molecule has 0 atom stereocenters. The summed E-state index contributed by atoms with van der Waals surface area (Å²) in [6, 6.07) is 19.5. The zero-order valence-corrected chi connectivity index (χ0v) is 22.8. The molecule has 0 unspecified atom stereocenters. The molecule has 1 aliphatic rings.